The third kappa shape index (κ3) is 2.36. The topological polar surface area (TPSA) is 81.2 Å². The van der Waals surface area contributed by atoms with Crippen molar-refractivity contribution in [2.24, 2.45) is 11.7 Å². The van der Waals surface area contributed by atoms with Crippen LogP contribution in [0.1, 0.15) is 25.0 Å². The molecule has 1 amide bonds. The van der Waals surface area contributed by atoms with Crippen molar-refractivity contribution < 1.29 is 9.32 Å². The highest BCUT2D eigenvalue weighted by Gasteiger charge is 2.28. The van der Waals surface area contributed by atoms with Gasteiger partial charge in [0, 0.05) is 18.0 Å². The Labute approximate surface area is 88.0 Å². The van der Waals surface area contributed by atoms with Gasteiger partial charge in [0.25, 0.3) is 0 Å². The zero-order valence-corrected chi connectivity index (χ0v) is 8.69. The summed E-state index contributed by atoms with van der Waals surface area (Å²) >= 11 is 0. The number of rotatable bonds is 2. The van der Waals surface area contributed by atoms with E-state index in [4.69, 9.17) is 10.3 Å². The number of aromatic nitrogens is 1. The summed E-state index contributed by atoms with van der Waals surface area (Å²) in [5.74, 6) is 0.419. The molecule has 0 spiro atoms. The first-order valence-corrected chi connectivity index (χ1v) is 5.15. The van der Waals surface area contributed by atoms with Gasteiger partial charge in [-0.15, -0.1) is 0 Å². The molecule has 0 saturated heterocycles. The smallest absolute Gasteiger partial charge is 0.231 e. The fourth-order valence-corrected chi connectivity index (χ4v) is 1.90. The maximum Gasteiger partial charge on any atom is 0.231 e. The Bertz CT molecular complexity index is 361. The Balaban J connectivity index is 1.92. The Morgan fingerprint density at radius 1 is 1.67 bits per heavy atom. The summed E-state index contributed by atoms with van der Waals surface area (Å²) in [5, 5.41) is 6.40. The number of aryl methyl sites for hydroxylation is 1. The average molecular weight is 209 g/mol. The molecule has 2 atom stereocenters. The van der Waals surface area contributed by atoms with Crippen molar-refractivity contribution >= 4 is 11.8 Å². The lowest BCUT2D eigenvalue weighted by Gasteiger charge is -2.07. The number of anilines is 1. The van der Waals surface area contributed by atoms with Crippen molar-refractivity contribution in [3.05, 3.63) is 11.8 Å². The van der Waals surface area contributed by atoms with E-state index in [2.05, 4.69) is 10.5 Å². The van der Waals surface area contributed by atoms with Gasteiger partial charge in [0.15, 0.2) is 0 Å². The van der Waals surface area contributed by atoms with Gasteiger partial charge in [-0.1, -0.05) is 5.16 Å². The van der Waals surface area contributed by atoms with Crippen molar-refractivity contribution in [1.82, 2.24) is 5.16 Å². The molecular formula is C10H15N3O2. The van der Waals surface area contributed by atoms with Crippen LogP contribution < -0.4 is 11.1 Å². The van der Waals surface area contributed by atoms with Gasteiger partial charge in [0.05, 0.1) is 5.69 Å². The van der Waals surface area contributed by atoms with E-state index in [0.29, 0.717) is 5.88 Å². The molecule has 2 rings (SSSR count). The summed E-state index contributed by atoms with van der Waals surface area (Å²) < 4.78 is 4.91. The molecule has 2 unspecified atom stereocenters. The number of nitrogens with zero attached hydrogens (tertiary/aromatic N) is 1. The number of hydrogen-bond donors (Lipinski definition) is 2. The molecule has 0 bridgehead atoms. The van der Waals surface area contributed by atoms with Crippen molar-refractivity contribution in [2.45, 2.75) is 32.2 Å². The molecule has 0 aliphatic heterocycles. The molecule has 1 aromatic heterocycles. The Kier molecular flexibility index (Phi) is 2.73. The molecular weight excluding hydrogens is 194 g/mol. The number of amides is 1. The van der Waals surface area contributed by atoms with Crippen molar-refractivity contribution in [3.8, 4) is 0 Å². The molecule has 0 aromatic carbocycles. The second-order valence-electron chi connectivity index (χ2n) is 4.09. The van der Waals surface area contributed by atoms with Crippen LogP contribution in [0.25, 0.3) is 0 Å². The molecule has 1 heterocycles. The van der Waals surface area contributed by atoms with Gasteiger partial charge in [-0.3, -0.25) is 10.1 Å². The fourth-order valence-electron chi connectivity index (χ4n) is 1.90. The summed E-state index contributed by atoms with van der Waals surface area (Å²) in [5.41, 5.74) is 6.50. The van der Waals surface area contributed by atoms with Crippen LogP contribution in [0.5, 0.6) is 0 Å². The molecule has 15 heavy (non-hydrogen) atoms. The third-order valence-corrected chi connectivity index (χ3v) is 2.72. The van der Waals surface area contributed by atoms with Crippen LogP contribution in [0.4, 0.5) is 5.88 Å². The Morgan fingerprint density at radius 2 is 2.47 bits per heavy atom. The van der Waals surface area contributed by atoms with E-state index in [1.165, 1.54) is 0 Å². The molecule has 5 heteroatoms. The summed E-state index contributed by atoms with van der Waals surface area (Å²) in [4.78, 5) is 11.7. The number of nitrogens with one attached hydrogen (secondary N) is 1. The maximum atomic E-state index is 11.7. The molecule has 3 N–H and O–H groups in total. The molecule has 82 valence electrons. The Morgan fingerprint density at radius 3 is 3.00 bits per heavy atom. The predicted octanol–water partition coefficient (Wildman–Crippen LogP) is 1.05. The quantitative estimate of drug-likeness (QED) is 0.762. The number of hydrogen-bond acceptors (Lipinski definition) is 4. The molecule has 1 fully saturated rings. The summed E-state index contributed by atoms with van der Waals surface area (Å²) in [7, 11) is 0. The monoisotopic (exact) mass is 209 g/mol. The summed E-state index contributed by atoms with van der Waals surface area (Å²) in [6.45, 7) is 1.81. The number of nitrogens with two attached hydrogens (primary N) is 1. The largest absolute Gasteiger partial charge is 0.338 e. The van der Waals surface area contributed by atoms with E-state index in [1.54, 1.807) is 6.07 Å². The van der Waals surface area contributed by atoms with E-state index in [1.807, 2.05) is 6.92 Å². The first-order valence-electron chi connectivity index (χ1n) is 5.15. The fraction of sp³-hybridized carbons (Fsp3) is 0.600. The minimum atomic E-state index is -0.0147. The molecule has 1 aromatic rings. The Hall–Kier alpha value is -1.36. The summed E-state index contributed by atoms with van der Waals surface area (Å²) in [6, 6.07) is 1.87. The van der Waals surface area contributed by atoms with Crippen LogP contribution in [0.15, 0.2) is 10.6 Å². The number of carbonyl (C=O) groups is 1. The van der Waals surface area contributed by atoms with Gasteiger partial charge in [0.2, 0.25) is 11.8 Å². The zero-order valence-electron chi connectivity index (χ0n) is 8.69. The van der Waals surface area contributed by atoms with E-state index in [0.717, 1.165) is 25.0 Å². The first kappa shape index (κ1) is 10.2. The normalized spacial score (nSPS) is 25.5. The van der Waals surface area contributed by atoms with E-state index >= 15 is 0 Å². The minimum absolute atomic E-state index is 0.0147. The highest BCUT2D eigenvalue weighted by atomic mass is 16.5. The van der Waals surface area contributed by atoms with Crippen molar-refractivity contribution in [3.63, 3.8) is 0 Å². The minimum Gasteiger partial charge on any atom is -0.338 e. The van der Waals surface area contributed by atoms with Gasteiger partial charge in [-0.05, 0) is 26.2 Å². The molecule has 5 nitrogen and oxygen atoms in total. The lowest BCUT2D eigenvalue weighted by molar-refractivity contribution is -0.119. The van der Waals surface area contributed by atoms with Gasteiger partial charge in [-0.25, -0.2) is 0 Å². The standard InChI is InChI=1S/C10H15N3O2/c1-6-4-9(15-13-6)12-10(14)7-2-3-8(11)5-7/h4,7-8H,2-3,5,11H2,1H3,(H,12,14). The average Bonchev–Trinajstić information content (AvgIpc) is 2.75. The first-order chi connectivity index (χ1) is 7.15. The maximum absolute atomic E-state index is 11.7. The highest BCUT2D eigenvalue weighted by molar-refractivity contribution is 5.91. The van der Waals surface area contributed by atoms with Crippen LogP contribution in [-0.2, 0) is 4.79 Å². The third-order valence-electron chi connectivity index (χ3n) is 2.72. The molecule has 0 radical (unpaired) electrons. The van der Waals surface area contributed by atoms with Crippen LogP contribution in [0, 0.1) is 12.8 Å². The second kappa shape index (κ2) is 4.02. The van der Waals surface area contributed by atoms with Gasteiger partial charge >= 0.3 is 0 Å². The van der Waals surface area contributed by atoms with E-state index < -0.39 is 0 Å². The van der Waals surface area contributed by atoms with Gasteiger partial charge in [-0.2, -0.15) is 0 Å². The summed E-state index contributed by atoms with van der Waals surface area (Å²) in [6.07, 6.45) is 2.55. The second-order valence-corrected chi connectivity index (χ2v) is 4.09. The van der Waals surface area contributed by atoms with Crippen molar-refractivity contribution in [1.29, 1.82) is 0 Å². The van der Waals surface area contributed by atoms with Crippen LogP contribution >= 0.6 is 0 Å². The lowest BCUT2D eigenvalue weighted by Crippen LogP contribution is -2.22. The van der Waals surface area contributed by atoms with Gasteiger partial charge in [0.1, 0.15) is 0 Å². The predicted molar refractivity (Wildman–Crippen MR) is 55.2 cm³/mol. The zero-order chi connectivity index (χ0) is 10.8. The van der Waals surface area contributed by atoms with Crippen molar-refractivity contribution in [2.75, 3.05) is 5.32 Å². The SMILES string of the molecule is Cc1cc(NC(=O)C2CCC(N)C2)on1. The highest BCUT2D eigenvalue weighted by Crippen LogP contribution is 2.25. The lowest BCUT2D eigenvalue weighted by atomic mass is 10.1. The van der Waals surface area contributed by atoms with Crippen LogP contribution in [0.3, 0.4) is 0 Å². The molecule has 1 aliphatic rings. The van der Waals surface area contributed by atoms with Crippen LogP contribution in [-0.4, -0.2) is 17.1 Å². The van der Waals surface area contributed by atoms with E-state index in [-0.39, 0.29) is 17.9 Å². The molecule has 1 saturated carbocycles. The van der Waals surface area contributed by atoms with E-state index in [9.17, 15) is 4.79 Å². The number of carbonyl (C=O) groups excluding carboxylic acids is 1. The molecule has 1 aliphatic carbocycles. The van der Waals surface area contributed by atoms with Gasteiger partial charge < -0.3 is 10.3 Å². The van der Waals surface area contributed by atoms with Crippen LogP contribution in [0.2, 0.25) is 0 Å².